The number of hydrogen-bond donors (Lipinski definition) is 1. The molecule has 0 bridgehead atoms. The normalized spacial score (nSPS) is 11.6. The summed E-state index contributed by atoms with van der Waals surface area (Å²) in [4.78, 5) is 27.6. The second-order valence-corrected chi connectivity index (χ2v) is 8.79. The van der Waals surface area contributed by atoms with E-state index in [1.54, 1.807) is 29.9 Å². The van der Waals surface area contributed by atoms with Crippen LogP contribution in [-0.2, 0) is 4.79 Å². The smallest absolute Gasteiger partial charge is 0.264 e. The van der Waals surface area contributed by atoms with Gasteiger partial charge in [-0.25, -0.2) is 9.07 Å². The van der Waals surface area contributed by atoms with Crippen molar-refractivity contribution in [2.45, 2.75) is 33.2 Å². The number of hydrogen-bond acceptors (Lipinski definition) is 4. The molecule has 3 aromatic rings. The highest BCUT2D eigenvalue weighted by Crippen LogP contribution is 2.31. The third kappa shape index (κ3) is 4.22. The molecule has 0 unspecified atom stereocenters. The first-order valence-corrected chi connectivity index (χ1v) is 9.68. The first-order valence-electron chi connectivity index (χ1n) is 8.87. The molecular formula is C20H23FN4O2S. The number of rotatable bonds is 4. The van der Waals surface area contributed by atoms with Gasteiger partial charge < -0.3 is 10.2 Å². The van der Waals surface area contributed by atoms with Crippen LogP contribution in [0.5, 0.6) is 0 Å². The van der Waals surface area contributed by atoms with Crippen LogP contribution in [0.25, 0.3) is 15.9 Å². The van der Waals surface area contributed by atoms with E-state index >= 15 is 0 Å². The molecule has 148 valence electrons. The van der Waals surface area contributed by atoms with Crippen molar-refractivity contribution < 1.29 is 14.0 Å². The molecule has 1 N–H and O–H groups in total. The first-order chi connectivity index (χ1) is 13.0. The summed E-state index contributed by atoms with van der Waals surface area (Å²) in [5.74, 6) is -0.755. The number of thiophene rings is 1. The van der Waals surface area contributed by atoms with Crippen LogP contribution in [0.1, 0.15) is 36.1 Å². The fourth-order valence-electron chi connectivity index (χ4n) is 2.84. The maximum atomic E-state index is 13.2. The van der Waals surface area contributed by atoms with E-state index in [-0.39, 0.29) is 29.7 Å². The fraction of sp³-hybridized carbons (Fsp3) is 0.350. The van der Waals surface area contributed by atoms with Crippen LogP contribution < -0.4 is 5.32 Å². The van der Waals surface area contributed by atoms with E-state index < -0.39 is 0 Å². The van der Waals surface area contributed by atoms with Crippen molar-refractivity contribution in [3.8, 4) is 5.69 Å². The van der Waals surface area contributed by atoms with Crippen LogP contribution in [-0.4, -0.2) is 45.6 Å². The summed E-state index contributed by atoms with van der Waals surface area (Å²) in [5.41, 5.74) is 1.15. The first kappa shape index (κ1) is 20.0. The quantitative estimate of drug-likeness (QED) is 0.726. The minimum absolute atomic E-state index is 0.0204. The van der Waals surface area contributed by atoms with Crippen LogP contribution >= 0.6 is 11.3 Å². The molecule has 6 nitrogen and oxygen atoms in total. The lowest BCUT2D eigenvalue weighted by atomic mass is 10.1. The number of aromatic nitrogens is 2. The van der Waals surface area contributed by atoms with E-state index in [4.69, 9.17) is 0 Å². The third-order valence-electron chi connectivity index (χ3n) is 4.07. The van der Waals surface area contributed by atoms with Gasteiger partial charge in [-0.2, -0.15) is 5.10 Å². The Bertz CT molecular complexity index is 1030. The van der Waals surface area contributed by atoms with E-state index in [0.717, 1.165) is 21.6 Å². The Morgan fingerprint density at radius 3 is 2.50 bits per heavy atom. The summed E-state index contributed by atoms with van der Waals surface area (Å²) in [5, 5.41) is 8.21. The van der Waals surface area contributed by atoms with Gasteiger partial charge in [0.05, 0.1) is 22.8 Å². The summed E-state index contributed by atoms with van der Waals surface area (Å²) in [6, 6.07) is 7.83. The zero-order valence-corrected chi connectivity index (χ0v) is 17.4. The number of carbonyl (C=O) groups excluding carboxylic acids is 2. The number of benzene rings is 1. The second kappa shape index (κ2) is 7.35. The fourth-order valence-corrected chi connectivity index (χ4v) is 4.02. The number of likely N-dealkylation sites (N-methyl/N-ethyl adjacent to an activating group) is 1. The minimum atomic E-state index is -0.353. The number of nitrogens with zero attached hydrogens (tertiary/aromatic N) is 3. The van der Waals surface area contributed by atoms with Gasteiger partial charge in [-0.05, 0) is 58.0 Å². The Morgan fingerprint density at radius 1 is 1.25 bits per heavy atom. The highest BCUT2D eigenvalue weighted by molar-refractivity contribution is 7.20. The number of amides is 2. The topological polar surface area (TPSA) is 67.2 Å². The molecule has 0 radical (unpaired) electrons. The van der Waals surface area contributed by atoms with Crippen LogP contribution in [0.15, 0.2) is 30.3 Å². The van der Waals surface area contributed by atoms with E-state index in [2.05, 4.69) is 10.4 Å². The molecule has 2 aromatic heterocycles. The number of nitrogens with one attached hydrogen (secondary N) is 1. The molecule has 0 atom stereocenters. The predicted octanol–water partition coefficient (Wildman–Crippen LogP) is 3.52. The van der Waals surface area contributed by atoms with Gasteiger partial charge in [0.2, 0.25) is 5.91 Å². The van der Waals surface area contributed by atoms with Crippen molar-refractivity contribution in [1.82, 2.24) is 20.0 Å². The van der Waals surface area contributed by atoms with Gasteiger partial charge >= 0.3 is 0 Å². The Balaban J connectivity index is 1.86. The lowest BCUT2D eigenvalue weighted by Gasteiger charge is -2.23. The Morgan fingerprint density at radius 2 is 1.89 bits per heavy atom. The molecule has 0 aliphatic rings. The number of carbonyl (C=O) groups is 2. The van der Waals surface area contributed by atoms with E-state index in [0.29, 0.717) is 4.88 Å². The van der Waals surface area contributed by atoms with Crippen LogP contribution in [0, 0.1) is 12.7 Å². The number of halogens is 1. The Kier molecular flexibility index (Phi) is 5.25. The van der Waals surface area contributed by atoms with Gasteiger partial charge in [0.1, 0.15) is 10.6 Å². The molecule has 0 aliphatic carbocycles. The molecule has 2 amide bonds. The second-order valence-electron chi connectivity index (χ2n) is 7.76. The van der Waals surface area contributed by atoms with E-state index in [1.165, 1.54) is 28.4 Å². The van der Waals surface area contributed by atoms with Gasteiger partial charge in [-0.1, -0.05) is 0 Å². The zero-order valence-electron chi connectivity index (χ0n) is 16.5. The van der Waals surface area contributed by atoms with Crippen molar-refractivity contribution in [2.75, 3.05) is 13.6 Å². The average Bonchev–Trinajstić information content (AvgIpc) is 3.14. The monoisotopic (exact) mass is 402 g/mol. The molecule has 0 fully saturated rings. The predicted molar refractivity (Wildman–Crippen MR) is 108 cm³/mol. The van der Waals surface area contributed by atoms with Crippen molar-refractivity contribution in [2.24, 2.45) is 0 Å². The molecular weight excluding hydrogens is 379 g/mol. The van der Waals surface area contributed by atoms with Gasteiger partial charge in [-0.3, -0.25) is 9.59 Å². The van der Waals surface area contributed by atoms with Crippen molar-refractivity contribution in [3.63, 3.8) is 0 Å². The maximum absolute atomic E-state index is 13.2. The molecule has 28 heavy (non-hydrogen) atoms. The van der Waals surface area contributed by atoms with Gasteiger partial charge in [-0.15, -0.1) is 11.3 Å². The summed E-state index contributed by atoms with van der Waals surface area (Å²) in [6.07, 6.45) is 0. The van der Waals surface area contributed by atoms with E-state index in [9.17, 15) is 14.0 Å². The third-order valence-corrected chi connectivity index (χ3v) is 5.17. The summed E-state index contributed by atoms with van der Waals surface area (Å²) in [6.45, 7) is 7.52. The van der Waals surface area contributed by atoms with Crippen LogP contribution in [0.3, 0.4) is 0 Å². The molecule has 0 saturated heterocycles. The average molecular weight is 402 g/mol. The van der Waals surface area contributed by atoms with Crippen molar-refractivity contribution in [1.29, 1.82) is 0 Å². The molecule has 1 aromatic carbocycles. The van der Waals surface area contributed by atoms with Gasteiger partial charge in [0.15, 0.2) is 0 Å². The number of fused-ring (bicyclic) bond motifs is 1. The van der Waals surface area contributed by atoms with Crippen molar-refractivity contribution >= 4 is 33.4 Å². The lowest BCUT2D eigenvalue weighted by Crippen LogP contribution is -2.46. The summed E-state index contributed by atoms with van der Waals surface area (Å²) < 4.78 is 14.9. The van der Waals surface area contributed by atoms with Gasteiger partial charge in [0.25, 0.3) is 5.91 Å². The molecule has 0 saturated carbocycles. The lowest BCUT2D eigenvalue weighted by molar-refractivity contribution is -0.122. The van der Waals surface area contributed by atoms with Crippen LogP contribution in [0.4, 0.5) is 4.39 Å². The number of aryl methyl sites for hydroxylation is 1. The molecule has 3 rings (SSSR count). The molecule has 0 aliphatic heterocycles. The highest BCUT2D eigenvalue weighted by Gasteiger charge is 2.22. The minimum Gasteiger partial charge on any atom is -0.350 e. The summed E-state index contributed by atoms with van der Waals surface area (Å²) in [7, 11) is 1.61. The maximum Gasteiger partial charge on any atom is 0.264 e. The highest BCUT2D eigenvalue weighted by atomic mass is 32.1. The molecule has 8 heteroatoms. The largest absolute Gasteiger partial charge is 0.350 e. The summed E-state index contributed by atoms with van der Waals surface area (Å²) >= 11 is 1.30. The SMILES string of the molecule is Cc1nn(-c2ccc(F)cc2)c2sc(C(=O)N(C)CC(=O)NC(C)(C)C)cc12. The standard InChI is InChI=1S/C20H23FN4O2S/c1-12-15-10-16(18(27)24(5)11-17(26)22-20(2,3)4)28-19(15)25(23-12)14-8-6-13(21)7-9-14/h6-10H,11H2,1-5H3,(H,22,26). The molecule has 0 spiro atoms. The van der Waals surface area contributed by atoms with Crippen LogP contribution in [0.2, 0.25) is 0 Å². The Labute approximate surface area is 167 Å². The Hall–Kier alpha value is -2.74. The van der Waals surface area contributed by atoms with E-state index in [1.807, 2.05) is 27.7 Å². The van der Waals surface area contributed by atoms with Crippen molar-refractivity contribution in [3.05, 3.63) is 46.7 Å². The van der Waals surface area contributed by atoms with Gasteiger partial charge in [0, 0.05) is 18.0 Å². The zero-order chi connectivity index (χ0) is 20.6. The molecule has 2 heterocycles.